The molecule has 0 amide bonds. The highest BCUT2D eigenvalue weighted by molar-refractivity contribution is 9.10. The van der Waals surface area contributed by atoms with Crippen molar-refractivity contribution >= 4 is 56.9 Å². The van der Waals surface area contributed by atoms with Crippen LogP contribution >= 0.6 is 38.9 Å². The summed E-state index contributed by atoms with van der Waals surface area (Å²) in [5.41, 5.74) is 2.13. The minimum absolute atomic E-state index is 0.0448. The van der Waals surface area contributed by atoms with Gasteiger partial charge in [0.1, 0.15) is 6.61 Å². The van der Waals surface area contributed by atoms with Gasteiger partial charge in [-0.1, -0.05) is 51.0 Å². The molecule has 1 aliphatic rings. The summed E-state index contributed by atoms with van der Waals surface area (Å²) in [5, 5.41) is 9.52. The number of halogens is 2. The number of rotatable bonds is 12. The number of aromatic nitrogens is 1. The molecule has 0 fully saturated rings. The van der Waals surface area contributed by atoms with Gasteiger partial charge in [0, 0.05) is 4.47 Å². The molecule has 1 atom stereocenters. The zero-order chi connectivity index (χ0) is 35.4. The molecule has 14 heteroatoms. The van der Waals surface area contributed by atoms with Gasteiger partial charge in [0.15, 0.2) is 27.8 Å². The second kappa shape index (κ2) is 15.3. The molecule has 49 heavy (non-hydrogen) atoms. The van der Waals surface area contributed by atoms with Crippen LogP contribution in [-0.2, 0) is 16.1 Å². The molecule has 2 heterocycles. The van der Waals surface area contributed by atoms with Gasteiger partial charge >= 0.3 is 11.9 Å². The van der Waals surface area contributed by atoms with Crippen molar-refractivity contribution in [3.05, 3.63) is 111 Å². The zero-order valence-corrected chi connectivity index (χ0v) is 30.3. The van der Waals surface area contributed by atoms with Crippen molar-refractivity contribution < 1.29 is 38.4 Å². The molecule has 1 aliphatic heterocycles. The van der Waals surface area contributed by atoms with Crippen LogP contribution in [0.15, 0.2) is 74.1 Å². The Morgan fingerprint density at radius 3 is 2.47 bits per heavy atom. The maximum atomic E-state index is 14.2. The Morgan fingerprint density at radius 2 is 1.80 bits per heavy atom. The maximum Gasteiger partial charge on any atom is 0.338 e. The molecular weight excluding hydrogens is 740 g/mol. The molecule has 0 unspecified atom stereocenters. The third kappa shape index (κ3) is 7.38. The Bertz CT molecular complexity index is 2160. The number of allylic oxidation sites excluding steroid dienone is 1. The monoisotopic (exact) mass is 770 g/mol. The molecule has 0 aliphatic carbocycles. The van der Waals surface area contributed by atoms with E-state index >= 15 is 0 Å². The summed E-state index contributed by atoms with van der Waals surface area (Å²) in [5.74, 6) is -0.142. The summed E-state index contributed by atoms with van der Waals surface area (Å²) in [6, 6.07) is 12.3. The normalized spacial score (nSPS) is 14.2. The molecule has 0 saturated carbocycles. The Labute approximate surface area is 298 Å². The number of thiazole rings is 1. The largest absolute Gasteiger partial charge is 0.493 e. The van der Waals surface area contributed by atoms with E-state index < -0.39 is 23.5 Å². The number of nitrogens with zero attached hydrogens (tertiary/aromatic N) is 2. The summed E-state index contributed by atoms with van der Waals surface area (Å²) in [6.07, 6.45) is 1.66. The number of ether oxygens (including phenoxy) is 5. The van der Waals surface area contributed by atoms with Crippen molar-refractivity contribution in [2.75, 3.05) is 27.4 Å². The summed E-state index contributed by atoms with van der Waals surface area (Å²) in [6.45, 7) is 5.86. The van der Waals surface area contributed by atoms with E-state index in [4.69, 9.17) is 35.3 Å². The molecule has 0 bridgehead atoms. The number of hydrogen-bond donors (Lipinski definition) is 1. The molecule has 3 aromatic carbocycles. The lowest BCUT2D eigenvalue weighted by atomic mass is 9.95. The van der Waals surface area contributed by atoms with Crippen molar-refractivity contribution in [2.45, 2.75) is 33.4 Å². The van der Waals surface area contributed by atoms with Crippen LogP contribution in [0.5, 0.6) is 23.0 Å². The number of hydrogen-bond acceptors (Lipinski definition) is 10. The molecule has 4 aromatic rings. The number of fused-ring (bicyclic) bond motifs is 1. The number of benzene rings is 3. The van der Waals surface area contributed by atoms with Crippen LogP contribution in [0, 0.1) is 0 Å². The molecule has 0 spiro atoms. The van der Waals surface area contributed by atoms with Crippen LogP contribution in [0.25, 0.3) is 6.08 Å². The van der Waals surface area contributed by atoms with Crippen LogP contribution in [0.1, 0.15) is 53.9 Å². The summed E-state index contributed by atoms with van der Waals surface area (Å²) in [7, 11) is 2.98. The fraction of sp³-hybridized carbons (Fsp3) is 0.257. The third-order valence-electron chi connectivity index (χ3n) is 7.50. The number of esters is 1. The number of aromatic carboxylic acids is 1. The van der Waals surface area contributed by atoms with E-state index in [1.54, 1.807) is 56.3 Å². The summed E-state index contributed by atoms with van der Waals surface area (Å²) >= 11 is 11.4. The van der Waals surface area contributed by atoms with Crippen LogP contribution in [-0.4, -0.2) is 49.0 Å². The Morgan fingerprint density at radius 1 is 1.04 bits per heavy atom. The predicted octanol–water partition coefficient (Wildman–Crippen LogP) is 5.91. The quantitative estimate of drug-likeness (QED) is 0.175. The molecule has 1 N–H and O–H groups in total. The van der Waals surface area contributed by atoms with Gasteiger partial charge in [-0.25, -0.2) is 14.6 Å². The number of carbonyl (C=O) groups excluding carboxylic acids is 1. The van der Waals surface area contributed by atoms with Gasteiger partial charge in [0.2, 0.25) is 0 Å². The fourth-order valence-electron chi connectivity index (χ4n) is 5.34. The lowest BCUT2D eigenvalue weighted by molar-refractivity contribution is -0.139. The predicted molar refractivity (Wildman–Crippen MR) is 188 cm³/mol. The first-order chi connectivity index (χ1) is 23.5. The van der Waals surface area contributed by atoms with Crippen molar-refractivity contribution in [3.63, 3.8) is 0 Å². The Balaban J connectivity index is 1.60. The third-order valence-corrected chi connectivity index (χ3v) is 9.45. The van der Waals surface area contributed by atoms with E-state index in [0.29, 0.717) is 60.0 Å². The van der Waals surface area contributed by atoms with E-state index in [2.05, 4.69) is 20.9 Å². The van der Waals surface area contributed by atoms with Crippen molar-refractivity contribution in [2.24, 2.45) is 4.99 Å². The standard InChI is InChI=1S/C35H32BrClN2O9S/c1-6-46-26-16-23(36)22(15-25(26)44-4)30-29(34(43)47-7-2)18(3)38-35-39(30)32(40)28(49-35)14-20-12-24(37)31(27(13-20)45-5)48-17-19-9-8-10-21(11-19)33(41)42/h8-16,30H,6-7,17H2,1-5H3,(H,41,42)/b28-14+/t30-/m1/s1. The average molecular weight is 772 g/mol. The fourth-order valence-corrected chi connectivity index (χ4v) is 7.20. The SMILES string of the molecule is CCOC(=O)C1=C(C)N=c2s/c(=C/c3cc(Cl)c(OCc4cccc(C(=O)O)c4)c(OC)c3)c(=O)n2[C@@H]1c1cc(OC)c(OCC)cc1Br. The van der Waals surface area contributed by atoms with Gasteiger partial charge in [0.25, 0.3) is 5.56 Å². The molecular formula is C35H32BrClN2O9S. The van der Waals surface area contributed by atoms with Gasteiger partial charge in [-0.3, -0.25) is 9.36 Å². The lowest BCUT2D eigenvalue weighted by Crippen LogP contribution is -2.40. The first kappa shape index (κ1) is 35.7. The minimum Gasteiger partial charge on any atom is -0.493 e. The molecule has 256 valence electrons. The van der Waals surface area contributed by atoms with Crippen LogP contribution in [0.2, 0.25) is 5.02 Å². The van der Waals surface area contributed by atoms with Gasteiger partial charge < -0.3 is 28.8 Å². The second-order valence-electron chi connectivity index (χ2n) is 10.6. The van der Waals surface area contributed by atoms with E-state index in [1.807, 2.05) is 6.92 Å². The lowest BCUT2D eigenvalue weighted by Gasteiger charge is -2.26. The van der Waals surface area contributed by atoms with E-state index in [1.165, 1.54) is 30.9 Å². The first-order valence-corrected chi connectivity index (χ1v) is 17.0. The van der Waals surface area contributed by atoms with Crippen LogP contribution in [0.3, 0.4) is 0 Å². The summed E-state index contributed by atoms with van der Waals surface area (Å²) in [4.78, 5) is 44.0. The van der Waals surface area contributed by atoms with Crippen molar-refractivity contribution in [1.82, 2.24) is 4.57 Å². The highest BCUT2D eigenvalue weighted by Crippen LogP contribution is 2.41. The number of methoxy groups -OCH3 is 2. The van der Waals surface area contributed by atoms with Crippen LogP contribution < -0.4 is 33.8 Å². The molecule has 0 radical (unpaired) electrons. The average Bonchev–Trinajstić information content (AvgIpc) is 3.37. The van der Waals surface area contributed by atoms with Crippen LogP contribution in [0.4, 0.5) is 0 Å². The van der Waals surface area contributed by atoms with E-state index in [-0.39, 0.29) is 35.1 Å². The Kier molecular flexibility index (Phi) is 11.2. The molecule has 11 nitrogen and oxygen atoms in total. The van der Waals surface area contributed by atoms with Gasteiger partial charge in [0.05, 0.1) is 59.9 Å². The van der Waals surface area contributed by atoms with Crippen molar-refractivity contribution in [3.8, 4) is 23.0 Å². The Hall–Kier alpha value is -4.59. The smallest absolute Gasteiger partial charge is 0.338 e. The van der Waals surface area contributed by atoms with Gasteiger partial charge in [-0.2, -0.15) is 0 Å². The topological polar surface area (TPSA) is 135 Å². The highest BCUT2D eigenvalue weighted by atomic mass is 79.9. The molecule has 1 aromatic heterocycles. The van der Waals surface area contributed by atoms with Gasteiger partial charge in [-0.15, -0.1) is 0 Å². The van der Waals surface area contributed by atoms with Crippen molar-refractivity contribution in [1.29, 1.82) is 0 Å². The summed E-state index contributed by atoms with van der Waals surface area (Å²) < 4.78 is 30.7. The minimum atomic E-state index is -1.04. The highest BCUT2D eigenvalue weighted by Gasteiger charge is 2.35. The zero-order valence-electron chi connectivity index (χ0n) is 27.2. The van der Waals surface area contributed by atoms with Gasteiger partial charge in [-0.05, 0) is 79.9 Å². The number of carboxylic acids is 1. The van der Waals surface area contributed by atoms with E-state index in [0.717, 1.165) is 11.3 Å². The molecule has 5 rings (SSSR count). The van der Waals surface area contributed by atoms with E-state index in [9.17, 15) is 19.5 Å². The second-order valence-corrected chi connectivity index (χ2v) is 12.9. The first-order valence-electron chi connectivity index (χ1n) is 15.0. The number of carbonyl (C=O) groups is 2. The number of carboxylic acid groups (broad SMARTS) is 1. The molecule has 0 saturated heterocycles. The maximum absolute atomic E-state index is 14.2.